The highest BCUT2D eigenvalue weighted by atomic mass is 19.1. The predicted octanol–water partition coefficient (Wildman–Crippen LogP) is 7.79. The quantitative estimate of drug-likeness (QED) is 0.0352. The van der Waals surface area contributed by atoms with Gasteiger partial charge in [0.2, 0.25) is 5.91 Å². The van der Waals surface area contributed by atoms with Crippen molar-refractivity contribution in [3.8, 4) is 11.5 Å². The first kappa shape index (κ1) is 50.7. The number of halogens is 1. The molecule has 0 aliphatic carbocycles. The summed E-state index contributed by atoms with van der Waals surface area (Å²) in [6.45, 7) is 1.29. The second-order valence-electron chi connectivity index (χ2n) is 16.5. The molecule has 1 amide bonds. The maximum absolute atomic E-state index is 13.1. The van der Waals surface area contributed by atoms with Crippen molar-refractivity contribution in [3.63, 3.8) is 0 Å². The Morgan fingerprint density at radius 3 is 1.76 bits per heavy atom. The second kappa shape index (κ2) is 30.4. The molecule has 0 spiro atoms. The van der Waals surface area contributed by atoms with E-state index in [0.717, 1.165) is 82.8 Å². The molecule has 3 rings (SSSR count). The molecule has 2 aromatic rings. The summed E-state index contributed by atoms with van der Waals surface area (Å²) in [5.74, 6) is 0.728. The van der Waals surface area contributed by atoms with Crippen LogP contribution in [0.2, 0.25) is 0 Å². The van der Waals surface area contributed by atoms with E-state index in [1.807, 2.05) is 12.1 Å². The molecule has 1 aliphatic rings. The Morgan fingerprint density at radius 2 is 1.20 bits per heavy atom. The first-order chi connectivity index (χ1) is 28.6. The van der Waals surface area contributed by atoms with Gasteiger partial charge in [-0.25, -0.2) is 4.39 Å². The van der Waals surface area contributed by atoms with Gasteiger partial charge in [0.15, 0.2) is 6.29 Å². The smallest absolute Gasteiger partial charge is 0.220 e. The maximum Gasteiger partial charge on any atom is 0.220 e. The molecule has 8 atom stereocenters. The summed E-state index contributed by atoms with van der Waals surface area (Å²) in [4.78, 5) is 13.0. The Balaban J connectivity index is 1.32. The molecular weight excluding hydrogens is 758 g/mol. The third-order valence-corrected chi connectivity index (χ3v) is 11.4. The number of unbranched alkanes of at least 4 members (excludes halogenated alkanes) is 18. The van der Waals surface area contributed by atoms with Crippen molar-refractivity contribution in [2.45, 2.75) is 204 Å². The number of hydrogen-bond donors (Lipinski definition) is 7. The summed E-state index contributed by atoms with van der Waals surface area (Å²) in [7, 11) is 0. The van der Waals surface area contributed by atoms with Gasteiger partial charge in [-0.15, -0.1) is 0 Å². The van der Waals surface area contributed by atoms with Crippen LogP contribution in [0.25, 0.3) is 0 Å². The molecule has 11 nitrogen and oxygen atoms in total. The Bertz CT molecular complexity index is 1350. The van der Waals surface area contributed by atoms with E-state index < -0.39 is 55.6 Å². The van der Waals surface area contributed by atoms with Crippen molar-refractivity contribution in [1.29, 1.82) is 0 Å². The minimum atomic E-state index is -1.62. The van der Waals surface area contributed by atoms with Gasteiger partial charge in [0.25, 0.3) is 0 Å². The van der Waals surface area contributed by atoms with Crippen molar-refractivity contribution >= 4 is 5.91 Å². The molecule has 1 saturated heterocycles. The molecule has 336 valence electrons. The van der Waals surface area contributed by atoms with Crippen LogP contribution in [0.5, 0.6) is 11.5 Å². The van der Waals surface area contributed by atoms with E-state index in [4.69, 9.17) is 14.2 Å². The monoisotopic (exact) mass is 834 g/mol. The van der Waals surface area contributed by atoms with Gasteiger partial charge in [0, 0.05) is 6.42 Å². The first-order valence-electron chi connectivity index (χ1n) is 22.7. The van der Waals surface area contributed by atoms with E-state index in [-0.39, 0.29) is 24.8 Å². The Morgan fingerprint density at radius 1 is 0.695 bits per heavy atom. The van der Waals surface area contributed by atoms with Crippen LogP contribution in [0.3, 0.4) is 0 Å². The van der Waals surface area contributed by atoms with Crippen LogP contribution in [-0.4, -0.2) is 98.7 Å². The molecule has 0 radical (unpaired) electrons. The number of hydrogen-bond acceptors (Lipinski definition) is 10. The number of benzene rings is 2. The third kappa shape index (κ3) is 20.6. The van der Waals surface area contributed by atoms with Crippen LogP contribution in [0, 0.1) is 5.82 Å². The van der Waals surface area contributed by atoms with Crippen LogP contribution in [-0.2, 0) is 20.7 Å². The standard InChI is InChI=1S/C47H76FNO10/c1-2-3-4-5-6-7-8-9-10-14-17-20-23-40(51)43(53)39(34-57-47-46(56)45(55)44(54)41(33-50)59-47)49-42(52)24-21-18-15-12-11-13-16-19-22-35-25-29-37(30-26-35)58-38-31-27-36(48)28-32-38/h25-32,39-41,43-47,50-51,53-56H,2-24,33-34H2,1H3,(H,49,52)/t39-,40+,41?,43-,44+,45?,46-,47-/m0/s1. The Hall–Kier alpha value is -2.68. The Kier molecular flexibility index (Phi) is 26.1. The normalized spacial score (nSPS) is 20.9. The van der Waals surface area contributed by atoms with Crippen molar-refractivity contribution < 1.29 is 54.0 Å². The van der Waals surface area contributed by atoms with E-state index in [9.17, 15) is 39.8 Å². The van der Waals surface area contributed by atoms with Gasteiger partial charge < -0.3 is 50.2 Å². The number of ether oxygens (including phenoxy) is 3. The summed E-state index contributed by atoms with van der Waals surface area (Å²) in [5.41, 5.74) is 1.25. The number of aliphatic hydroxyl groups is 6. The molecule has 2 unspecified atom stereocenters. The summed E-state index contributed by atoms with van der Waals surface area (Å²) in [5, 5.41) is 65.2. The van der Waals surface area contributed by atoms with Gasteiger partial charge in [0.1, 0.15) is 47.8 Å². The molecule has 1 heterocycles. The zero-order valence-corrected chi connectivity index (χ0v) is 35.6. The fraction of sp³-hybridized carbons (Fsp3) is 0.723. The average Bonchev–Trinajstić information content (AvgIpc) is 3.24. The molecule has 2 aromatic carbocycles. The number of aryl methyl sites for hydroxylation is 1. The number of aliphatic hydroxyl groups excluding tert-OH is 6. The first-order valence-corrected chi connectivity index (χ1v) is 22.7. The van der Waals surface area contributed by atoms with Gasteiger partial charge in [-0.2, -0.15) is 0 Å². The van der Waals surface area contributed by atoms with Crippen molar-refractivity contribution in [1.82, 2.24) is 5.32 Å². The number of amides is 1. The van der Waals surface area contributed by atoms with Crippen molar-refractivity contribution in [2.24, 2.45) is 0 Å². The van der Waals surface area contributed by atoms with Crippen molar-refractivity contribution in [2.75, 3.05) is 13.2 Å². The number of carbonyl (C=O) groups is 1. The fourth-order valence-corrected chi connectivity index (χ4v) is 7.58. The lowest BCUT2D eigenvalue weighted by atomic mass is 9.98. The number of nitrogens with one attached hydrogen (secondary N) is 1. The van der Waals surface area contributed by atoms with E-state index in [0.29, 0.717) is 18.6 Å². The molecule has 0 saturated carbocycles. The Labute approximate surface area is 352 Å². The lowest BCUT2D eigenvalue weighted by Gasteiger charge is -2.40. The van der Waals surface area contributed by atoms with Gasteiger partial charge in [-0.3, -0.25) is 4.79 Å². The van der Waals surface area contributed by atoms with Crippen LogP contribution >= 0.6 is 0 Å². The molecule has 0 bridgehead atoms. The van der Waals surface area contributed by atoms with Gasteiger partial charge >= 0.3 is 0 Å². The zero-order chi connectivity index (χ0) is 42.7. The number of carbonyl (C=O) groups excluding carboxylic acids is 1. The summed E-state index contributed by atoms with van der Waals surface area (Å²) >= 11 is 0. The molecule has 12 heteroatoms. The van der Waals surface area contributed by atoms with E-state index >= 15 is 0 Å². The highest BCUT2D eigenvalue weighted by Crippen LogP contribution is 2.24. The molecule has 1 fully saturated rings. The van der Waals surface area contributed by atoms with Crippen LogP contribution in [0.1, 0.15) is 154 Å². The molecular formula is C47H76FNO10. The van der Waals surface area contributed by atoms with Crippen molar-refractivity contribution in [3.05, 3.63) is 59.9 Å². The minimum absolute atomic E-state index is 0.242. The zero-order valence-electron chi connectivity index (χ0n) is 35.6. The van der Waals surface area contributed by atoms with E-state index in [1.54, 1.807) is 12.1 Å². The lowest BCUT2D eigenvalue weighted by molar-refractivity contribution is -0.303. The highest BCUT2D eigenvalue weighted by molar-refractivity contribution is 5.76. The van der Waals surface area contributed by atoms with Gasteiger partial charge in [-0.05, 0) is 67.6 Å². The maximum atomic E-state index is 13.1. The van der Waals surface area contributed by atoms with Crippen LogP contribution in [0.4, 0.5) is 4.39 Å². The minimum Gasteiger partial charge on any atom is -0.457 e. The van der Waals surface area contributed by atoms with E-state index in [1.165, 1.54) is 69.1 Å². The van der Waals surface area contributed by atoms with Gasteiger partial charge in [-0.1, -0.05) is 135 Å². The molecule has 59 heavy (non-hydrogen) atoms. The summed E-state index contributed by atoms with van der Waals surface area (Å²) < 4.78 is 30.0. The van der Waals surface area contributed by atoms with Crippen LogP contribution in [0.15, 0.2) is 48.5 Å². The third-order valence-electron chi connectivity index (χ3n) is 11.4. The SMILES string of the molecule is CCCCCCCCCCCCCC[C@@H](O)[C@@H](O)[C@H](CO[C@H]1OC(CO)[C@@H](O)C(O)[C@@H]1O)NC(=O)CCCCCCCCCCc1ccc(Oc2ccc(F)cc2)cc1. The predicted molar refractivity (Wildman–Crippen MR) is 228 cm³/mol. The summed E-state index contributed by atoms with van der Waals surface area (Å²) in [6.07, 6.45) is 14.1. The van der Waals surface area contributed by atoms with E-state index in [2.05, 4.69) is 24.4 Å². The topological polar surface area (TPSA) is 178 Å². The van der Waals surface area contributed by atoms with Gasteiger partial charge in [0.05, 0.1) is 25.4 Å². The number of rotatable bonds is 33. The summed E-state index contributed by atoms with van der Waals surface area (Å²) in [6, 6.07) is 12.9. The highest BCUT2D eigenvalue weighted by Gasteiger charge is 2.44. The van der Waals surface area contributed by atoms with Crippen LogP contribution < -0.4 is 10.1 Å². The molecule has 0 aromatic heterocycles. The average molecular weight is 834 g/mol. The molecule has 1 aliphatic heterocycles. The largest absolute Gasteiger partial charge is 0.457 e. The molecule has 7 N–H and O–H groups in total. The fourth-order valence-electron chi connectivity index (χ4n) is 7.58. The second-order valence-corrected chi connectivity index (χ2v) is 16.5. The lowest BCUT2D eigenvalue weighted by Crippen LogP contribution is -2.60.